The minimum Gasteiger partial charge on any atom is -0.383 e. The number of nitrogens with zero attached hydrogens (tertiary/aromatic N) is 3. The van der Waals surface area contributed by atoms with Gasteiger partial charge in [-0.1, -0.05) is 24.3 Å². The highest BCUT2D eigenvalue weighted by atomic mass is 32.2. The molecule has 0 aliphatic carbocycles. The number of azide groups is 1. The van der Waals surface area contributed by atoms with Crippen molar-refractivity contribution in [2.75, 3.05) is 18.4 Å². The summed E-state index contributed by atoms with van der Waals surface area (Å²) >= 11 is 0. The maximum atomic E-state index is 11.4. The Bertz CT molecular complexity index is 800. The van der Waals surface area contributed by atoms with Crippen molar-refractivity contribution in [2.45, 2.75) is 0 Å². The molecule has 3 N–H and O–H groups in total. The number of hydrogen-bond acceptors (Lipinski definition) is 5. The van der Waals surface area contributed by atoms with E-state index in [4.69, 9.17) is 15.4 Å². The first kappa shape index (κ1) is 14.9. The number of benzene rings is 2. The molecule has 0 unspecified atom stereocenters. The van der Waals surface area contributed by atoms with E-state index in [1.165, 1.54) is 6.07 Å². The molecule has 0 saturated carbocycles. The van der Waals surface area contributed by atoms with Crippen LogP contribution in [-0.2, 0) is 10.3 Å². The van der Waals surface area contributed by atoms with Gasteiger partial charge in [-0.25, -0.2) is 0 Å². The van der Waals surface area contributed by atoms with Crippen LogP contribution in [-0.4, -0.2) is 21.5 Å². The SMILES string of the molecule is [N-]=[N+]=NS(=O)(=O)Oc1cccc2c(NCCN)cccc12. The Morgan fingerprint density at radius 1 is 1.24 bits per heavy atom. The molecule has 0 aliphatic rings. The van der Waals surface area contributed by atoms with Crippen molar-refractivity contribution in [2.24, 2.45) is 10.3 Å². The molecule has 0 bridgehead atoms. The van der Waals surface area contributed by atoms with Crippen LogP contribution in [0.3, 0.4) is 0 Å². The number of hydrogen-bond donors (Lipinski definition) is 2. The number of rotatable bonds is 6. The van der Waals surface area contributed by atoms with Gasteiger partial charge in [0.05, 0.1) is 4.52 Å². The largest absolute Gasteiger partial charge is 0.403 e. The lowest BCUT2D eigenvalue weighted by atomic mass is 10.1. The summed E-state index contributed by atoms with van der Waals surface area (Å²) in [5.74, 6) is 0.0938. The van der Waals surface area contributed by atoms with E-state index >= 15 is 0 Å². The molecule has 0 radical (unpaired) electrons. The minimum atomic E-state index is -4.34. The van der Waals surface area contributed by atoms with Crippen molar-refractivity contribution in [3.05, 3.63) is 46.8 Å². The topological polar surface area (TPSA) is 130 Å². The lowest BCUT2D eigenvalue weighted by molar-refractivity contribution is 0.490. The molecule has 0 saturated heterocycles. The lowest BCUT2D eigenvalue weighted by Crippen LogP contribution is -2.13. The Balaban J connectivity index is 2.49. The summed E-state index contributed by atoms with van der Waals surface area (Å²) in [6, 6.07) is 10.3. The predicted molar refractivity (Wildman–Crippen MR) is 80.2 cm³/mol. The summed E-state index contributed by atoms with van der Waals surface area (Å²) in [6.45, 7) is 1.05. The molecule has 9 heteroatoms. The van der Waals surface area contributed by atoms with Gasteiger partial charge in [-0.2, -0.15) is 8.42 Å². The Morgan fingerprint density at radius 2 is 1.95 bits per heavy atom. The van der Waals surface area contributed by atoms with E-state index in [1.54, 1.807) is 18.2 Å². The molecule has 0 aromatic heterocycles. The summed E-state index contributed by atoms with van der Waals surface area (Å²) < 4.78 is 30.3. The first-order chi connectivity index (χ1) is 10.1. The van der Waals surface area contributed by atoms with Crippen molar-refractivity contribution in [3.8, 4) is 5.75 Å². The quantitative estimate of drug-likeness (QED) is 0.479. The van der Waals surface area contributed by atoms with Gasteiger partial charge in [-0.05, 0) is 17.7 Å². The van der Waals surface area contributed by atoms with Crippen molar-refractivity contribution >= 4 is 26.8 Å². The molecular weight excluding hydrogens is 294 g/mol. The molecule has 21 heavy (non-hydrogen) atoms. The average molecular weight is 307 g/mol. The first-order valence-electron chi connectivity index (χ1n) is 6.04. The second-order valence-corrected chi connectivity index (χ2v) is 5.24. The molecule has 110 valence electrons. The van der Waals surface area contributed by atoms with Crippen LogP contribution in [0.1, 0.15) is 0 Å². The van der Waals surface area contributed by atoms with Gasteiger partial charge >= 0.3 is 10.3 Å². The van der Waals surface area contributed by atoms with Crippen molar-refractivity contribution in [3.63, 3.8) is 0 Å². The maximum Gasteiger partial charge on any atom is 0.403 e. The van der Waals surface area contributed by atoms with Crippen LogP contribution >= 0.6 is 0 Å². The highest BCUT2D eigenvalue weighted by molar-refractivity contribution is 7.85. The van der Waals surface area contributed by atoms with E-state index in [0.717, 1.165) is 11.1 Å². The van der Waals surface area contributed by atoms with Crippen LogP contribution in [0.5, 0.6) is 5.75 Å². The average Bonchev–Trinajstić information content (AvgIpc) is 2.45. The number of nitrogens with two attached hydrogens (primary N) is 1. The van der Waals surface area contributed by atoms with Gasteiger partial charge in [0.15, 0.2) is 5.75 Å². The molecule has 0 fully saturated rings. The molecule has 0 amide bonds. The van der Waals surface area contributed by atoms with E-state index in [9.17, 15) is 8.42 Å². The van der Waals surface area contributed by atoms with Crippen molar-refractivity contribution in [1.29, 1.82) is 0 Å². The van der Waals surface area contributed by atoms with E-state index in [-0.39, 0.29) is 5.75 Å². The Labute approximate surface area is 121 Å². The third-order valence-corrected chi connectivity index (χ3v) is 3.34. The van der Waals surface area contributed by atoms with Crippen LogP contribution in [0.4, 0.5) is 5.69 Å². The summed E-state index contributed by atoms with van der Waals surface area (Å²) in [4.78, 5) is 2.23. The normalized spacial score (nSPS) is 10.9. The van der Waals surface area contributed by atoms with Crippen LogP contribution < -0.4 is 15.2 Å². The lowest BCUT2D eigenvalue weighted by Gasteiger charge is -2.11. The monoisotopic (exact) mass is 307 g/mol. The third kappa shape index (κ3) is 3.54. The highest BCUT2D eigenvalue weighted by Crippen LogP contribution is 2.31. The minimum absolute atomic E-state index is 0.0938. The van der Waals surface area contributed by atoms with Crippen LogP contribution in [0, 0.1) is 0 Å². The zero-order chi connectivity index (χ0) is 15.3. The molecule has 8 nitrogen and oxygen atoms in total. The first-order valence-corrected chi connectivity index (χ1v) is 7.40. The van der Waals surface area contributed by atoms with Gasteiger partial charge in [0.1, 0.15) is 0 Å². The Hall–Kier alpha value is -2.48. The summed E-state index contributed by atoms with van der Waals surface area (Å²) in [7, 11) is -4.34. The fraction of sp³-hybridized carbons (Fsp3) is 0.167. The highest BCUT2D eigenvalue weighted by Gasteiger charge is 2.13. The van der Waals surface area contributed by atoms with Gasteiger partial charge in [0.2, 0.25) is 0 Å². The third-order valence-electron chi connectivity index (χ3n) is 2.67. The fourth-order valence-corrected chi connectivity index (χ4v) is 2.38. The van der Waals surface area contributed by atoms with Gasteiger partial charge in [0, 0.05) is 34.5 Å². The molecule has 0 atom stereocenters. The molecule has 2 aromatic carbocycles. The number of nitrogens with one attached hydrogen (secondary N) is 1. The fourth-order valence-electron chi connectivity index (χ4n) is 1.89. The second-order valence-electron chi connectivity index (χ2n) is 4.05. The number of fused-ring (bicyclic) bond motifs is 1. The van der Waals surface area contributed by atoms with E-state index in [0.29, 0.717) is 18.5 Å². The van der Waals surface area contributed by atoms with Crippen LogP contribution in [0.2, 0.25) is 0 Å². The van der Waals surface area contributed by atoms with Crippen LogP contribution in [0.15, 0.2) is 40.9 Å². The predicted octanol–water partition coefficient (Wildman–Crippen LogP) is 2.14. The summed E-state index contributed by atoms with van der Waals surface area (Å²) in [5.41, 5.74) is 14.5. The summed E-state index contributed by atoms with van der Waals surface area (Å²) in [6.07, 6.45) is 0. The van der Waals surface area contributed by atoms with Gasteiger partial charge in [0.25, 0.3) is 0 Å². The zero-order valence-corrected chi connectivity index (χ0v) is 11.7. The van der Waals surface area contributed by atoms with Gasteiger partial charge in [-0.15, -0.1) is 0 Å². The molecule has 0 spiro atoms. The molecule has 0 heterocycles. The maximum absolute atomic E-state index is 11.4. The Kier molecular flexibility index (Phi) is 4.49. The van der Waals surface area contributed by atoms with E-state index < -0.39 is 10.3 Å². The smallest absolute Gasteiger partial charge is 0.383 e. The molecule has 2 aromatic rings. The van der Waals surface area contributed by atoms with Crippen LogP contribution in [0.25, 0.3) is 21.2 Å². The Morgan fingerprint density at radius 3 is 2.67 bits per heavy atom. The van der Waals surface area contributed by atoms with Gasteiger partial charge < -0.3 is 15.2 Å². The van der Waals surface area contributed by atoms with Gasteiger partial charge in [-0.3, -0.25) is 0 Å². The van der Waals surface area contributed by atoms with Crippen molar-refractivity contribution < 1.29 is 12.6 Å². The second kappa shape index (κ2) is 6.31. The van der Waals surface area contributed by atoms with E-state index in [1.807, 2.05) is 12.1 Å². The molecule has 2 rings (SSSR count). The standard InChI is InChI=1S/C12H13N5O3S/c13-7-8-15-11-5-1-4-10-9(11)3-2-6-12(10)20-21(18,19)17-16-14/h1-6,15H,7-8,13H2. The van der Waals surface area contributed by atoms with Crippen molar-refractivity contribution in [1.82, 2.24) is 0 Å². The number of anilines is 1. The van der Waals surface area contributed by atoms with E-state index in [2.05, 4.69) is 14.7 Å². The summed E-state index contributed by atoms with van der Waals surface area (Å²) in [5, 5.41) is 4.50. The molecule has 0 aliphatic heterocycles. The molecular formula is C12H13N5O3S. The zero-order valence-electron chi connectivity index (χ0n) is 10.9.